The van der Waals surface area contributed by atoms with Gasteiger partial charge in [0.1, 0.15) is 52.2 Å². The first-order chi connectivity index (χ1) is 73.0. The van der Waals surface area contributed by atoms with Crippen molar-refractivity contribution in [2.24, 2.45) is 0 Å². The minimum Gasteiger partial charge on any atom is -0.370 e. The zero-order valence-electron chi connectivity index (χ0n) is 80.5. The number of hydrogen-bond acceptors (Lipinski definition) is 14. The fourth-order valence-electron chi connectivity index (χ4n) is 18.2. The molecule has 688 valence electrons. The molecule has 24 rings (SSSR count). The van der Waals surface area contributed by atoms with Gasteiger partial charge in [-0.05, 0) is 221 Å². The van der Waals surface area contributed by atoms with Gasteiger partial charge in [-0.2, -0.15) is 25.6 Å². The monoisotopic (exact) mass is 2100 g/mol. The second-order valence-corrected chi connectivity index (χ2v) is 33.5. The quantitative estimate of drug-likeness (QED) is 0.0358. The van der Waals surface area contributed by atoms with Crippen molar-refractivity contribution >= 4 is 169 Å². The molecule has 0 saturated heterocycles. The van der Waals surface area contributed by atoms with E-state index in [-0.39, 0.29) is 93.8 Å². The van der Waals surface area contributed by atoms with Crippen LogP contribution in [0.15, 0.2) is 449 Å². The number of nitrogens with zero attached hydrogens (tertiary/aromatic N) is 20. The predicted molar refractivity (Wildman–Crippen MR) is 601 cm³/mol. The van der Waals surface area contributed by atoms with Gasteiger partial charge in [0, 0.05) is 83.3 Å². The number of anilines is 6. The molecule has 147 heavy (non-hydrogen) atoms. The van der Waals surface area contributed by atoms with Gasteiger partial charge in [0.15, 0.2) is 17.1 Å². The summed E-state index contributed by atoms with van der Waals surface area (Å²) in [4.78, 5) is 54.9. The van der Waals surface area contributed by atoms with E-state index in [0.717, 1.165) is 137 Å². The summed E-state index contributed by atoms with van der Waals surface area (Å²) in [6.07, 6.45) is 0. The maximum Gasteiger partial charge on any atom is 0.307 e. The van der Waals surface area contributed by atoms with Gasteiger partial charge >= 0.3 is 32.0 Å². The minimum atomic E-state index is -0.298. The number of rotatable bonds is 17. The molecule has 6 heterocycles. The Labute approximate surface area is 874 Å². The number of imidazole rings is 3. The molecule has 4 radical (unpaired) electrons. The maximum atomic E-state index is 9.30. The number of benzene rings is 18. The SMILES string of the molecule is [3H]P.[3H][B][B].[BiH2].[C-]#[N+]c1nc2c(nc1C#N)c1nc(C#N)c(C#N)nc1c1nc([N+]#[C-])c([N+]#[C-])nc21.c1ccc(-c2ccc(N(c3ccc(-c4ccccc4)cc3)c3ccc(-c4ccc(N(c5ccc(-c6ccccc6)cc5)c5ccc(-c6ccccc6)cc5)cc4)cc3)cc2)cc1.c1ccc(-n2c(-c3cc(-c4nc5ccccc5n4-c4ccccc4)cc(-c4nc5ccccc5n4-c4ccccc4)c3)nc3ccccc32)cc1. The Kier molecular flexibility index (Phi) is 27.8. The van der Waals surface area contributed by atoms with Crippen molar-refractivity contribution in [2.45, 2.75) is 0 Å². The van der Waals surface area contributed by atoms with Crippen molar-refractivity contribution in [3.05, 3.63) is 500 Å². The molecule has 24 aromatic rings. The fraction of sp³-hybridized carbons (Fsp3) is 0. The van der Waals surface area contributed by atoms with E-state index in [2.05, 4.69) is 488 Å². The summed E-state index contributed by atoms with van der Waals surface area (Å²) in [7, 11) is 6.81. The average molecular weight is 2100 g/mol. The Morgan fingerprint density at radius 3 is 0.667 bits per heavy atom. The summed E-state index contributed by atoms with van der Waals surface area (Å²) >= 11 is 0. The van der Waals surface area contributed by atoms with Crippen LogP contribution in [0.5, 0.6) is 0 Å². The van der Waals surface area contributed by atoms with Crippen molar-refractivity contribution in [3.8, 4) is 125 Å². The molecule has 0 N–H and O–H groups in total. The molecule has 0 saturated carbocycles. The van der Waals surface area contributed by atoms with Crippen molar-refractivity contribution in [2.75, 3.05) is 9.80 Å². The standard InChI is InChI=1S/C60H44N2.C45H30N6.C18N12.B2H.Bi.H3P.2H/c1-5-13-45(14-6-1)49-21-33-55(34-22-49)61(56-35-23-50(24-36-56)46-15-7-2-8-16-46)59-41-29-53(30-42-59)54-31-43-60(44-32-54)62(57-37-25-51(26-38-57)47-17-9-3-10-18-47)58-39-27-52(28-40-58)48-19-11-4-12-20-48;1-4-16-34(17-5-1)49-40-25-13-10-22-37(40)46-43(49)31-28-32(44-47-38-23-11-14-26-41(38)50(44)35-18-6-2-7-19-35)30-33(29-31)45-48-39-24-12-15-27-42(39)51(45)36-20-8-3-9-21-36;1-22-16-9(6-21)27-12-10-11(26-8(5-20)7(4-19)25-10)14-15(13(12)28-16)30-18(24-3)17(23-2)29-14;1-2;;;;/h1-44H;1-30H;;1H;;1H3;;/i;;;1T;;1T;;. The number of nitriles is 3. The zero-order chi connectivity index (χ0) is 101. The molecule has 24 heteroatoms. The van der Waals surface area contributed by atoms with Gasteiger partial charge in [-0.3, -0.25) is 13.7 Å². The summed E-state index contributed by atoms with van der Waals surface area (Å²) in [6, 6.07) is 164. The molecular weight excluding hydrogens is 2020 g/mol. The van der Waals surface area contributed by atoms with Gasteiger partial charge in [0.05, 0.1) is 34.4 Å². The van der Waals surface area contributed by atoms with Gasteiger partial charge < -0.3 is 24.3 Å². The summed E-state index contributed by atoms with van der Waals surface area (Å²) in [5, 5.41) is 27.9. The molecule has 0 amide bonds. The summed E-state index contributed by atoms with van der Waals surface area (Å²) in [5.74, 6) is 1.64. The Bertz CT molecular complexity index is 8220. The smallest absolute Gasteiger partial charge is 0.307 e. The molecule has 20 nitrogen and oxygen atoms in total. The van der Waals surface area contributed by atoms with Crippen LogP contribution in [0, 0.1) is 53.7 Å². The first-order valence-corrected chi connectivity index (χ1v) is 46.2. The number of aromatic nitrogens is 12. The van der Waals surface area contributed by atoms with E-state index in [0.29, 0.717) is 0 Å². The molecule has 18 aromatic carbocycles. The molecular formula is C123H80B2BiN20P. The van der Waals surface area contributed by atoms with Gasteiger partial charge in [0.25, 0.3) is 17.2 Å². The molecule has 0 fully saturated rings. The van der Waals surface area contributed by atoms with Crippen LogP contribution in [0.25, 0.3) is 188 Å². The van der Waals surface area contributed by atoms with E-state index in [9.17, 15) is 15.8 Å². The van der Waals surface area contributed by atoms with Crippen LogP contribution in [0.3, 0.4) is 0 Å². The third-order valence-corrected chi connectivity index (χ3v) is 24.9. The van der Waals surface area contributed by atoms with E-state index in [1.54, 1.807) is 28.1 Å². The Morgan fingerprint density at radius 2 is 0.442 bits per heavy atom. The molecule has 0 spiro atoms. The van der Waals surface area contributed by atoms with Crippen molar-refractivity contribution in [3.63, 3.8) is 0 Å². The molecule has 1 atom stereocenters. The van der Waals surface area contributed by atoms with Gasteiger partial charge in [-0.15, -0.1) is 15.0 Å². The largest absolute Gasteiger partial charge is 0.370 e. The Balaban J connectivity index is 0.000000144. The molecule has 1 unspecified atom stereocenters. The van der Waals surface area contributed by atoms with Crippen LogP contribution >= 0.6 is 9.84 Å². The van der Waals surface area contributed by atoms with Crippen molar-refractivity contribution in [1.82, 2.24) is 58.6 Å². The number of fused-ring (bicyclic) bond motifs is 9. The Morgan fingerprint density at radius 1 is 0.252 bits per heavy atom. The van der Waals surface area contributed by atoms with E-state index < -0.39 is 0 Å². The van der Waals surface area contributed by atoms with Crippen LogP contribution in [-0.4, -0.2) is 103 Å². The third kappa shape index (κ3) is 19.4. The average Bonchev–Trinajstić information content (AvgIpc) is 1.34. The number of hydrogen-bond donors (Lipinski definition) is 0. The third-order valence-electron chi connectivity index (χ3n) is 24.9. The van der Waals surface area contributed by atoms with Crippen molar-refractivity contribution < 1.29 is 0 Å². The normalized spacial score (nSPS) is 10.7. The van der Waals surface area contributed by atoms with E-state index in [1.807, 2.05) is 36.4 Å². The van der Waals surface area contributed by atoms with E-state index >= 15 is 0 Å². The van der Waals surface area contributed by atoms with E-state index in [1.165, 1.54) is 44.5 Å². The second-order valence-electron chi connectivity index (χ2n) is 33.5. The van der Waals surface area contributed by atoms with E-state index in [4.69, 9.17) is 37.3 Å². The Hall–Kier alpha value is -19.6. The maximum absolute atomic E-state index is 9.30. The fourth-order valence-corrected chi connectivity index (χ4v) is 18.2. The van der Waals surface area contributed by atoms with Crippen LogP contribution < -0.4 is 9.80 Å². The van der Waals surface area contributed by atoms with Crippen LogP contribution in [-0.2, 0) is 0 Å². The second kappa shape index (κ2) is 43.6. The van der Waals surface area contributed by atoms with Crippen molar-refractivity contribution in [1.29, 1.82) is 18.4 Å². The minimum absolute atomic E-state index is 0. The predicted octanol–water partition coefficient (Wildman–Crippen LogP) is 28.6. The molecule has 0 aliphatic carbocycles. The van der Waals surface area contributed by atoms with Gasteiger partial charge in [-0.1, -0.05) is 305 Å². The zero-order valence-corrected chi connectivity index (χ0v) is 84.1. The van der Waals surface area contributed by atoms with Gasteiger partial charge in [-0.25, -0.2) is 29.9 Å². The summed E-state index contributed by atoms with van der Waals surface area (Å²) in [5.41, 5.74) is 29.6. The summed E-state index contributed by atoms with van der Waals surface area (Å²) in [6.45, 7) is 21.7. The van der Waals surface area contributed by atoms with Gasteiger partial charge in [0.2, 0.25) is 11.0 Å². The number of para-hydroxylation sites is 9. The van der Waals surface area contributed by atoms with Crippen LogP contribution in [0.2, 0.25) is 0 Å². The summed E-state index contributed by atoms with van der Waals surface area (Å²) < 4.78 is 18.3. The van der Waals surface area contributed by atoms with Crippen LogP contribution in [0.4, 0.5) is 51.6 Å². The van der Waals surface area contributed by atoms with Crippen LogP contribution in [0.1, 0.15) is 17.1 Å². The topological polar surface area (TPSA) is 222 Å². The molecule has 0 aliphatic heterocycles. The first kappa shape index (κ1) is 93.7. The molecule has 0 bridgehead atoms. The molecule has 6 aromatic heterocycles. The first-order valence-electron chi connectivity index (χ1n) is 47.4. The molecule has 0 aliphatic rings.